The van der Waals surface area contributed by atoms with E-state index in [2.05, 4.69) is 28.7 Å². The van der Waals surface area contributed by atoms with Crippen molar-refractivity contribution in [2.45, 2.75) is 38.8 Å². The highest BCUT2D eigenvalue weighted by atomic mass is 16.3. The van der Waals surface area contributed by atoms with Crippen LogP contribution in [0, 0.1) is 5.92 Å². The first-order valence-corrected chi connectivity index (χ1v) is 6.08. The van der Waals surface area contributed by atoms with Crippen LogP contribution >= 0.6 is 0 Å². The van der Waals surface area contributed by atoms with Gasteiger partial charge in [0.15, 0.2) is 0 Å². The molecule has 1 atom stereocenters. The minimum atomic E-state index is 0.0190. The first-order valence-electron chi connectivity index (χ1n) is 6.08. The minimum Gasteiger partial charge on any atom is -0.394 e. The summed E-state index contributed by atoms with van der Waals surface area (Å²) >= 11 is 0. The molecule has 1 aromatic heterocycles. The van der Waals surface area contributed by atoms with Gasteiger partial charge in [-0.25, -0.2) is 4.98 Å². The Morgan fingerprint density at radius 1 is 1.56 bits per heavy atom. The fourth-order valence-electron chi connectivity index (χ4n) is 1.91. The van der Waals surface area contributed by atoms with Gasteiger partial charge in [-0.1, -0.05) is 0 Å². The van der Waals surface area contributed by atoms with Crippen molar-refractivity contribution in [3.63, 3.8) is 0 Å². The number of imidazole rings is 1. The highest BCUT2D eigenvalue weighted by molar-refractivity contribution is 5.07. The number of nitrogens with one attached hydrogen (secondary N) is 1. The quantitative estimate of drug-likeness (QED) is 0.768. The average Bonchev–Trinajstić information content (AvgIpc) is 2.94. The van der Waals surface area contributed by atoms with Crippen molar-refractivity contribution in [1.29, 1.82) is 0 Å². The van der Waals surface area contributed by atoms with Crippen molar-refractivity contribution in [1.82, 2.24) is 14.9 Å². The molecule has 1 heterocycles. The van der Waals surface area contributed by atoms with Gasteiger partial charge in [-0.05, 0) is 39.2 Å². The monoisotopic (exact) mass is 223 g/mol. The molecule has 1 aliphatic rings. The zero-order valence-corrected chi connectivity index (χ0v) is 10.1. The van der Waals surface area contributed by atoms with Gasteiger partial charge in [0.2, 0.25) is 0 Å². The van der Waals surface area contributed by atoms with Gasteiger partial charge in [0.05, 0.1) is 24.7 Å². The van der Waals surface area contributed by atoms with Crippen LogP contribution in [0.4, 0.5) is 0 Å². The summed E-state index contributed by atoms with van der Waals surface area (Å²) in [7, 11) is 0. The van der Waals surface area contributed by atoms with E-state index in [1.54, 1.807) is 0 Å². The summed E-state index contributed by atoms with van der Waals surface area (Å²) in [4.78, 5) is 4.17. The molecule has 90 valence electrons. The van der Waals surface area contributed by atoms with Crippen molar-refractivity contribution >= 4 is 0 Å². The van der Waals surface area contributed by atoms with Crippen LogP contribution in [0.2, 0.25) is 0 Å². The Kier molecular flexibility index (Phi) is 3.61. The molecule has 1 unspecified atom stereocenters. The molecular formula is C12H21N3O. The molecular weight excluding hydrogens is 202 g/mol. The molecule has 1 fully saturated rings. The van der Waals surface area contributed by atoms with Gasteiger partial charge >= 0.3 is 0 Å². The smallest absolute Gasteiger partial charge is 0.0951 e. The number of hydrogen-bond donors (Lipinski definition) is 2. The van der Waals surface area contributed by atoms with Crippen LogP contribution in [0.5, 0.6) is 0 Å². The molecule has 0 bridgehead atoms. The maximum absolute atomic E-state index is 9.43. The lowest BCUT2D eigenvalue weighted by atomic mass is 10.2. The predicted molar refractivity (Wildman–Crippen MR) is 63.2 cm³/mol. The first-order chi connectivity index (χ1) is 7.72. The maximum Gasteiger partial charge on any atom is 0.0951 e. The van der Waals surface area contributed by atoms with Gasteiger partial charge in [0, 0.05) is 12.2 Å². The van der Waals surface area contributed by atoms with Gasteiger partial charge in [-0.15, -0.1) is 0 Å². The zero-order valence-electron chi connectivity index (χ0n) is 10.1. The third kappa shape index (κ3) is 2.62. The Balaban J connectivity index is 2.02. The normalized spacial score (nSPS) is 18.0. The Morgan fingerprint density at radius 3 is 2.88 bits per heavy atom. The van der Waals surface area contributed by atoms with Crippen LogP contribution in [-0.2, 0) is 0 Å². The Morgan fingerprint density at radius 2 is 2.31 bits per heavy atom. The van der Waals surface area contributed by atoms with Gasteiger partial charge in [0.25, 0.3) is 0 Å². The summed E-state index contributed by atoms with van der Waals surface area (Å²) in [6.07, 6.45) is 6.34. The number of aromatic nitrogens is 2. The summed E-state index contributed by atoms with van der Waals surface area (Å²) in [5, 5.41) is 12.9. The van der Waals surface area contributed by atoms with Crippen molar-refractivity contribution in [3.05, 3.63) is 18.2 Å². The second-order valence-corrected chi connectivity index (χ2v) is 4.91. The van der Waals surface area contributed by atoms with Crippen LogP contribution in [0.3, 0.4) is 0 Å². The SMILES string of the molecule is CC(C)n1cncc1C(CO)NCC1CC1. The molecule has 16 heavy (non-hydrogen) atoms. The third-order valence-electron chi connectivity index (χ3n) is 3.14. The summed E-state index contributed by atoms with van der Waals surface area (Å²) < 4.78 is 2.11. The average molecular weight is 223 g/mol. The number of aliphatic hydroxyl groups is 1. The molecule has 1 aliphatic carbocycles. The predicted octanol–water partition coefficient (Wildman–Crippen LogP) is 1.50. The standard InChI is InChI=1S/C12H21N3O/c1-9(2)15-8-13-6-12(15)11(7-16)14-5-10-3-4-10/h6,8-11,14,16H,3-5,7H2,1-2H3. The van der Waals surface area contributed by atoms with Gasteiger partial charge in [0.1, 0.15) is 0 Å². The fourth-order valence-corrected chi connectivity index (χ4v) is 1.91. The van der Waals surface area contributed by atoms with E-state index >= 15 is 0 Å². The molecule has 4 heteroatoms. The Bertz CT molecular complexity index is 331. The van der Waals surface area contributed by atoms with Gasteiger partial charge in [-0.3, -0.25) is 0 Å². The van der Waals surface area contributed by atoms with E-state index in [1.165, 1.54) is 12.8 Å². The van der Waals surface area contributed by atoms with Crippen molar-refractivity contribution in [3.8, 4) is 0 Å². The maximum atomic E-state index is 9.43. The molecule has 4 nitrogen and oxygen atoms in total. The van der Waals surface area contributed by atoms with Crippen LogP contribution in [0.15, 0.2) is 12.5 Å². The highest BCUT2D eigenvalue weighted by Gasteiger charge is 2.23. The molecule has 0 amide bonds. The van der Waals surface area contributed by atoms with Crippen molar-refractivity contribution < 1.29 is 5.11 Å². The summed E-state index contributed by atoms with van der Waals surface area (Å²) in [6, 6.07) is 0.403. The molecule has 2 rings (SSSR count). The summed E-state index contributed by atoms with van der Waals surface area (Å²) in [5.41, 5.74) is 1.08. The molecule has 0 saturated heterocycles. The summed E-state index contributed by atoms with van der Waals surface area (Å²) in [6.45, 7) is 5.39. The van der Waals surface area contributed by atoms with E-state index in [0.717, 1.165) is 18.2 Å². The van der Waals surface area contributed by atoms with E-state index in [9.17, 15) is 5.11 Å². The van der Waals surface area contributed by atoms with Crippen LogP contribution in [0.1, 0.15) is 44.5 Å². The lowest BCUT2D eigenvalue weighted by Crippen LogP contribution is -2.28. The largest absolute Gasteiger partial charge is 0.394 e. The highest BCUT2D eigenvalue weighted by Crippen LogP contribution is 2.28. The number of rotatable bonds is 6. The summed E-state index contributed by atoms with van der Waals surface area (Å²) in [5.74, 6) is 0.824. The first kappa shape index (κ1) is 11.6. The lowest BCUT2D eigenvalue weighted by molar-refractivity contribution is 0.236. The van der Waals surface area contributed by atoms with E-state index in [4.69, 9.17) is 0 Å². The molecule has 0 aromatic carbocycles. The van der Waals surface area contributed by atoms with Crippen LogP contribution < -0.4 is 5.32 Å². The van der Waals surface area contributed by atoms with Gasteiger partial charge in [-0.2, -0.15) is 0 Å². The van der Waals surface area contributed by atoms with E-state index in [1.807, 2.05) is 12.5 Å². The zero-order chi connectivity index (χ0) is 11.5. The van der Waals surface area contributed by atoms with E-state index in [0.29, 0.717) is 6.04 Å². The number of nitrogens with zero attached hydrogens (tertiary/aromatic N) is 2. The number of aliphatic hydroxyl groups excluding tert-OH is 1. The van der Waals surface area contributed by atoms with Gasteiger partial charge < -0.3 is 15.0 Å². The Hall–Kier alpha value is -0.870. The van der Waals surface area contributed by atoms with Crippen LogP contribution in [-0.4, -0.2) is 27.8 Å². The fraction of sp³-hybridized carbons (Fsp3) is 0.750. The number of hydrogen-bond acceptors (Lipinski definition) is 3. The molecule has 1 saturated carbocycles. The van der Waals surface area contributed by atoms with Crippen molar-refractivity contribution in [2.75, 3.05) is 13.2 Å². The van der Waals surface area contributed by atoms with Crippen LogP contribution in [0.25, 0.3) is 0 Å². The third-order valence-corrected chi connectivity index (χ3v) is 3.14. The molecule has 0 aliphatic heterocycles. The second kappa shape index (κ2) is 4.97. The molecule has 0 radical (unpaired) electrons. The molecule has 0 spiro atoms. The molecule has 2 N–H and O–H groups in total. The van der Waals surface area contributed by atoms with E-state index < -0.39 is 0 Å². The molecule has 1 aromatic rings. The second-order valence-electron chi connectivity index (χ2n) is 4.91. The van der Waals surface area contributed by atoms with E-state index in [-0.39, 0.29) is 12.6 Å². The lowest BCUT2D eigenvalue weighted by Gasteiger charge is -2.20. The van der Waals surface area contributed by atoms with Crippen molar-refractivity contribution in [2.24, 2.45) is 5.92 Å². The topological polar surface area (TPSA) is 50.1 Å². The Labute approximate surface area is 96.7 Å². The minimum absolute atomic E-state index is 0.0190.